The summed E-state index contributed by atoms with van der Waals surface area (Å²) in [4.78, 5) is 17.1. The number of ketones is 1. The van der Waals surface area contributed by atoms with Crippen LogP contribution in [0.15, 0.2) is 10.7 Å². The predicted molar refractivity (Wildman–Crippen MR) is 77.9 cm³/mol. The van der Waals surface area contributed by atoms with Crippen molar-refractivity contribution < 1.29 is 4.79 Å². The number of carbonyl (C=O) groups is 1. The maximum absolute atomic E-state index is 11.9. The minimum atomic E-state index is 0.292. The topological polar surface area (TPSA) is 23.6 Å². The summed E-state index contributed by atoms with van der Waals surface area (Å²) in [5, 5.41) is 0. The molecule has 4 atom stereocenters. The Kier molecular flexibility index (Phi) is 2.99. The van der Waals surface area contributed by atoms with Gasteiger partial charge in [-0.05, 0) is 53.6 Å². The number of Topliss-reactive ketones (excluding diaryl/α,β-unsaturated/α-hetero) is 1. The van der Waals surface area contributed by atoms with E-state index in [9.17, 15) is 4.79 Å². The average Bonchev–Trinajstić information content (AvgIpc) is 2.41. The molecule has 3 saturated heterocycles. The lowest BCUT2D eigenvalue weighted by Gasteiger charge is -2.56. The van der Waals surface area contributed by atoms with Crippen LogP contribution in [0.4, 0.5) is 0 Å². The summed E-state index contributed by atoms with van der Waals surface area (Å²) < 4.78 is 0.782. The summed E-state index contributed by atoms with van der Waals surface area (Å²) in [6.07, 6.45) is 8.31. The third-order valence-electron chi connectivity index (χ3n) is 5.64. The highest BCUT2D eigenvalue weighted by molar-refractivity contribution is 9.12. The molecule has 0 amide bonds. The van der Waals surface area contributed by atoms with Gasteiger partial charge >= 0.3 is 0 Å². The summed E-state index contributed by atoms with van der Waals surface area (Å²) in [7, 11) is 0. The molecule has 0 saturated carbocycles. The SMILES string of the molecule is O=C1C[C@@H]2[C@H]3C[C@@H](CN2C=C1Br)[C@H]1CCCCN1C3. The summed E-state index contributed by atoms with van der Waals surface area (Å²) in [6, 6.07) is 1.28. The van der Waals surface area contributed by atoms with Gasteiger partial charge in [0.05, 0.1) is 4.48 Å². The summed E-state index contributed by atoms with van der Waals surface area (Å²) in [5.41, 5.74) is 0. The monoisotopic (exact) mass is 324 g/mol. The Balaban J connectivity index is 1.61. The Labute approximate surface area is 123 Å². The first kappa shape index (κ1) is 12.4. The first-order valence-electron chi connectivity index (χ1n) is 7.62. The van der Waals surface area contributed by atoms with Crippen LogP contribution < -0.4 is 0 Å². The largest absolute Gasteiger partial charge is 0.372 e. The van der Waals surface area contributed by atoms with E-state index >= 15 is 0 Å². The molecule has 0 aromatic rings. The highest BCUT2D eigenvalue weighted by Gasteiger charge is 2.47. The second kappa shape index (κ2) is 4.59. The van der Waals surface area contributed by atoms with E-state index in [1.54, 1.807) is 0 Å². The zero-order valence-corrected chi connectivity index (χ0v) is 12.8. The van der Waals surface area contributed by atoms with E-state index in [-0.39, 0.29) is 0 Å². The molecule has 19 heavy (non-hydrogen) atoms. The first-order chi connectivity index (χ1) is 9.22. The van der Waals surface area contributed by atoms with Gasteiger partial charge in [-0.15, -0.1) is 0 Å². The molecule has 0 aromatic carbocycles. The lowest BCUT2D eigenvalue weighted by molar-refractivity contribution is -0.120. The Bertz CT molecular complexity index is 436. The molecule has 0 unspecified atom stereocenters. The number of allylic oxidation sites excluding steroid dienone is 1. The maximum Gasteiger partial charge on any atom is 0.173 e. The Morgan fingerprint density at radius 1 is 1.16 bits per heavy atom. The second-order valence-electron chi connectivity index (χ2n) is 6.68. The van der Waals surface area contributed by atoms with Crippen LogP contribution in [0.25, 0.3) is 0 Å². The summed E-state index contributed by atoms with van der Waals surface area (Å²) in [6.45, 7) is 3.67. The minimum absolute atomic E-state index is 0.292. The van der Waals surface area contributed by atoms with E-state index in [1.165, 1.54) is 38.8 Å². The molecule has 4 heteroatoms. The third-order valence-corrected chi connectivity index (χ3v) is 6.29. The van der Waals surface area contributed by atoms with Crippen molar-refractivity contribution in [2.75, 3.05) is 19.6 Å². The molecule has 4 aliphatic heterocycles. The summed E-state index contributed by atoms with van der Waals surface area (Å²) >= 11 is 3.42. The van der Waals surface area contributed by atoms with Gasteiger partial charge in [-0.3, -0.25) is 9.69 Å². The molecule has 3 nitrogen and oxygen atoms in total. The van der Waals surface area contributed by atoms with Crippen molar-refractivity contribution in [3.05, 3.63) is 10.7 Å². The normalized spacial score (nSPS) is 42.5. The highest BCUT2D eigenvalue weighted by atomic mass is 79.9. The van der Waals surface area contributed by atoms with E-state index in [0.29, 0.717) is 24.2 Å². The number of nitrogens with zero attached hydrogens (tertiary/aromatic N) is 2. The van der Waals surface area contributed by atoms with Crippen LogP contribution in [0.5, 0.6) is 0 Å². The molecule has 0 aromatic heterocycles. The molecule has 4 aliphatic rings. The maximum atomic E-state index is 11.9. The van der Waals surface area contributed by atoms with E-state index in [4.69, 9.17) is 0 Å². The van der Waals surface area contributed by atoms with Crippen molar-refractivity contribution in [3.8, 4) is 0 Å². The number of piperidine rings is 3. The van der Waals surface area contributed by atoms with Crippen LogP contribution in [-0.2, 0) is 4.79 Å². The predicted octanol–water partition coefficient (Wildman–Crippen LogP) is 2.37. The van der Waals surface area contributed by atoms with Crippen molar-refractivity contribution in [1.29, 1.82) is 0 Å². The Hall–Kier alpha value is -0.350. The van der Waals surface area contributed by atoms with Crippen LogP contribution in [0.1, 0.15) is 32.1 Å². The van der Waals surface area contributed by atoms with Gasteiger partial charge in [-0.1, -0.05) is 6.42 Å². The number of hydrogen-bond acceptors (Lipinski definition) is 3. The molecule has 4 heterocycles. The number of hydrogen-bond donors (Lipinski definition) is 0. The zero-order valence-electron chi connectivity index (χ0n) is 11.2. The van der Waals surface area contributed by atoms with Crippen molar-refractivity contribution in [3.63, 3.8) is 0 Å². The lowest BCUT2D eigenvalue weighted by atomic mass is 9.71. The molecule has 0 radical (unpaired) electrons. The Morgan fingerprint density at radius 2 is 2.00 bits per heavy atom. The van der Waals surface area contributed by atoms with Gasteiger partial charge in [0.1, 0.15) is 0 Å². The molecule has 104 valence electrons. The van der Waals surface area contributed by atoms with Gasteiger partial charge in [0.25, 0.3) is 0 Å². The molecular weight excluding hydrogens is 304 g/mol. The van der Waals surface area contributed by atoms with Gasteiger partial charge in [0.15, 0.2) is 5.78 Å². The van der Waals surface area contributed by atoms with Crippen LogP contribution in [0.2, 0.25) is 0 Å². The van der Waals surface area contributed by atoms with Crippen LogP contribution >= 0.6 is 15.9 Å². The van der Waals surface area contributed by atoms with E-state index in [1.807, 2.05) is 0 Å². The van der Waals surface area contributed by atoms with Gasteiger partial charge < -0.3 is 4.90 Å². The van der Waals surface area contributed by atoms with E-state index in [0.717, 1.165) is 23.0 Å². The smallest absolute Gasteiger partial charge is 0.173 e. The quantitative estimate of drug-likeness (QED) is 0.683. The third kappa shape index (κ3) is 1.99. The molecule has 0 N–H and O–H groups in total. The van der Waals surface area contributed by atoms with E-state index in [2.05, 4.69) is 31.9 Å². The molecule has 0 spiro atoms. The molecule has 2 bridgehead atoms. The number of rotatable bonds is 0. The number of halogens is 1. The number of fused-ring (bicyclic) bond motifs is 6. The van der Waals surface area contributed by atoms with Crippen molar-refractivity contribution in [2.45, 2.75) is 44.2 Å². The molecular formula is C15H21BrN2O. The fraction of sp³-hybridized carbons (Fsp3) is 0.800. The van der Waals surface area contributed by atoms with Crippen LogP contribution in [0.3, 0.4) is 0 Å². The molecule has 3 fully saturated rings. The van der Waals surface area contributed by atoms with Crippen molar-refractivity contribution >= 4 is 21.7 Å². The summed E-state index contributed by atoms with van der Waals surface area (Å²) in [5.74, 6) is 1.81. The standard InChI is InChI=1S/C15H21BrN2O/c16-12-9-18-8-10-5-11(14(18)6-15(12)19)7-17-4-2-1-3-13(10)17/h9-11,13-14H,1-8H2/t10-,11-,13+,14+/m0/s1. The van der Waals surface area contributed by atoms with Gasteiger partial charge in [-0.2, -0.15) is 0 Å². The first-order valence-corrected chi connectivity index (χ1v) is 8.42. The molecule has 4 rings (SSSR count). The van der Waals surface area contributed by atoms with Gasteiger partial charge in [0.2, 0.25) is 0 Å². The average molecular weight is 325 g/mol. The van der Waals surface area contributed by atoms with Crippen LogP contribution in [-0.4, -0.2) is 47.3 Å². The van der Waals surface area contributed by atoms with Gasteiger partial charge in [0, 0.05) is 37.8 Å². The van der Waals surface area contributed by atoms with Crippen molar-refractivity contribution in [2.24, 2.45) is 11.8 Å². The minimum Gasteiger partial charge on any atom is -0.372 e. The fourth-order valence-electron chi connectivity index (χ4n) is 4.79. The molecule has 0 aliphatic carbocycles. The van der Waals surface area contributed by atoms with Crippen molar-refractivity contribution in [1.82, 2.24) is 9.80 Å². The lowest BCUT2D eigenvalue weighted by Crippen LogP contribution is -2.62. The van der Waals surface area contributed by atoms with Gasteiger partial charge in [-0.25, -0.2) is 0 Å². The Morgan fingerprint density at radius 3 is 2.89 bits per heavy atom. The van der Waals surface area contributed by atoms with Crippen LogP contribution in [0, 0.1) is 11.8 Å². The second-order valence-corrected chi connectivity index (χ2v) is 7.54. The fourth-order valence-corrected chi connectivity index (χ4v) is 5.21. The highest BCUT2D eigenvalue weighted by Crippen LogP contribution is 2.43. The number of carbonyl (C=O) groups excluding carboxylic acids is 1. The van der Waals surface area contributed by atoms with E-state index < -0.39 is 0 Å². The zero-order chi connectivity index (χ0) is 13.0.